The monoisotopic (exact) mass is 455 g/mol. The van der Waals surface area contributed by atoms with Gasteiger partial charge in [0.05, 0.1) is 18.4 Å². The van der Waals surface area contributed by atoms with E-state index < -0.39 is 58.7 Å². The van der Waals surface area contributed by atoms with Crippen molar-refractivity contribution in [3.05, 3.63) is 65.2 Å². The summed E-state index contributed by atoms with van der Waals surface area (Å²) in [5.41, 5.74) is -0.645. The second-order valence-electron chi connectivity index (χ2n) is 8.53. The third-order valence-corrected chi connectivity index (χ3v) is 6.69. The number of fused-ring (bicyclic) bond motifs is 4. The van der Waals surface area contributed by atoms with Crippen molar-refractivity contribution in [1.82, 2.24) is 10.2 Å². The summed E-state index contributed by atoms with van der Waals surface area (Å²) in [6, 6.07) is 8.25. The lowest BCUT2D eigenvalue weighted by Gasteiger charge is -2.29. The summed E-state index contributed by atoms with van der Waals surface area (Å²) in [6.45, 7) is -0.121. The van der Waals surface area contributed by atoms with E-state index in [-0.39, 0.29) is 24.9 Å². The van der Waals surface area contributed by atoms with Crippen LogP contribution in [0.15, 0.2) is 42.5 Å². The fraction of sp³-hybridized carbons (Fsp3) is 0.304. The molecule has 0 bridgehead atoms. The van der Waals surface area contributed by atoms with E-state index in [1.165, 1.54) is 36.4 Å². The fourth-order valence-corrected chi connectivity index (χ4v) is 5.29. The molecular formula is C23H19F2N3O5. The van der Waals surface area contributed by atoms with Gasteiger partial charge in [0.25, 0.3) is 0 Å². The predicted molar refractivity (Wildman–Crippen MR) is 109 cm³/mol. The van der Waals surface area contributed by atoms with E-state index >= 15 is 0 Å². The number of hydrogen-bond donors (Lipinski definition) is 3. The summed E-state index contributed by atoms with van der Waals surface area (Å²) in [5, 5.41) is 14.9. The van der Waals surface area contributed by atoms with E-state index in [4.69, 9.17) is 5.11 Å². The molecular weight excluding hydrogens is 436 g/mol. The molecule has 3 heterocycles. The number of imide groups is 1. The molecule has 5 rings (SSSR count). The topological polar surface area (TPSA) is 116 Å². The molecule has 33 heavy (non-hydrogen) atoms. The highest BCUT2D eigenvalue weighted by Gasteiger charge is 2.70. The number of amides is 3. The number of nitrogens with one attached hydrogen (secondary N) is 2. The van der Waals surface area contributed by atoms with Crippen molar-refractivity contribution in [1.29, 1.82) is 0 Å². The second-order valence-corrected chi connectivity index (χ2v) is 8.53. The number of aliphatic carboxylic acids is 1. The molecule has 2 unspecified atom stereocenters. The minimum atomic E-state index is -1.70. The zero-order chi connectivity index (χ0) is 23.5. The van der Waals surface area contributed by atoms with Gasteiger partial charge in [-0.1, -0.05) is 12.1 Å². The third kappa shape index (κ3) is 3.12. The molecule has 170 valence electrons. The van der Waals surface area contributed by atoms with Crippen LogP contribution in [-0.2, 0) is 31.3 Å². The van der Waals surface area contributed by atoms with Crippen molar-refractivity contribution < 1.29 is 33.1 Å². The molecule has 4 atom stereocenters. The van der Waals surface area contributed by atoms with Crippen LogP contribution >= 0.6 is 0 Å². The molecule has 8 nitrogen and oxygen atoms in total. The van der Waals surface area contributed by atoms with Crippen LogP contribution in [-0.4, -0.2) is 39.7 Å². The maximum Gasteiger partial charge on any atom is 0.303 e. The molecule has 3 N–H and O–H groups in total. The first kappa shape index (κ1) is 21.2. The summed E-state index contributed by atoms with van der Waals surface area (Å²) >= 11 is 0. The van der Waals surface area contributed by atoms with Gasteiger partial charge in [0, 0.05) is 23.7 Å². The molecule has 0 saturated carbocycles. The lowest BCUT2D eigenvalue weighted by molar-refractivity contribution is -0.144. The average Bonchev–Trinajstić information content (AvgIpc) is 3.34. The van der Waals surface area contributed by atoms with Crippen LogP contribution in [0.25, 0.3) is 0 Å². The number of carboxylic acid groups (broad SMARTS) is 1. The summed E-state index contributed by atoms with van der Waals surface area (Å²) in [6.07, 6.45) is -0.284. The molecule has 2 saturated heterocycles. The van der Waals surface area contributed by atoms with Gasteiger partial charge < -0.3 is 10.4 Å². The normalized spacial score (nSPS) is 27.8. The van der Waals surface area contributed by atoms with Crippen LogP contribution in [0.5, 0.6) is 0 Å². The Morgan fingerprint density at radius 3 is 2.42 bits per heavy atom. The van der Waals surface area contributed by atoms with Crippen LogP contribution in [0.3, 0.4) is 0 Å². The summed E-state index contributed by atoms with van der Waals surface area (Å²) in [7, 11) is 0. The first-order valence-corrected chi connectivity index (χ1v) is 10.4. The van der Waals surface area contributed by atoms with Gasteiger partial charge in [0.2, 0.25) is 17.7 Å². The fourth-order valence-electron chi connectivity index (χ4n) is 5.29. The molecule has 0 aliphatic carbocycles. The first-order chi connectivity index (χ1) is 15.7. The Kier molecular flexibility index (Phi) is 4.78. The molecule has 2 aromatic carbocycles. The van der Waals surface area contributed by atoms with Crippen LogP contribution < -0.4 is 10.6 Å². The van der Waals surface area contributed by atoms with Crippen molar-refractivity contribution in [2.75, 3.05) is 5.32 Å². The number of anilines is 1. The standard InChI is InChI=1S/C23H19F2N3O5/c24-12-3-1-11(2-4-12)10-28-20(31)18-16(7-8-17(29)30)27-23(19(18)21(28)32)14-9-13(25)5-6-15(14)26-22(23)33/h1-6,9,16,18-19,27H,7-8,10H2,(H,26,33)(H,29,30)/t16?,18-,19+,23?/m1/s1. The zero-order valence-electron chi connectivity index (χ0n) is 17.2. The van der Waals surface area contributed by atoms with E-state index in [2.05, 4.69) is 10.6 Å². The van der Waals surface area contributed by atoms with Crippen molar-refractivity contribution in [2.24, 2.45) is 11.8 Å². The number of benzene rings is 2. The summed E-state index contributed by atoms with van der Waals surface area (Å²) in [4.78, 5) is 52.4. The molecule has 0 radical (unpaired) electrons. The number of carbonyl (C=O) groups is 4. The highest BCUT2D eigenvalue weighted by Crippen LogP contribution is 2.53. The molecule has 2 fully saturated rings. The van der Waals surface area contributed by atoms with Gasteiger partial charge >= 0.3 is 5.97 Å². The number of halogens is 2. The second kappa shape index (κ2) is 7.45. The summed E-state index contributed by atoms with van der Waals surface area (Å²) in [5.74, 6) is -6.11. The molecule has 1 spiro atoms. The van der Waals surface area contributed by atoms with Gasteiger partial charge in [-0.05, 0) is 42.3 Å². The number of hydrogen-bond acceptors (Lipinski definition) is 5. The van der Waals surface area contributed by atoms with E-state index in [1.54, 1.807) is 0 Å². The Morgan fingerprint density at radius 2 is 1.73 bits per heavy atom. The number of nitrogens with zero attached hydrogens (tertiary/aromatic N) is 1. The SMILES string of the molecule is O=C(O)CCC1NC2(C(=O)Nc3ccc(F)cc32)[C@@H]2C(=O)N(Cc3ccc(F)cc3)C(=O)[C@H]12. The quantitative estimate of drug-likeness (QED) is 0.592. The van der Waals surface area contributed by atoms with Gasteiger partial charge in [-0.15, -0.1) is 0 Å². The highest BCUT2D eigenvalue weighted by atomic mass is 19.1. The Morgan fingerprint density at radius 1 is 1.03 bits per heavy atom. The van der Waals surface area contributed by atoms with Crippen LogP contribution in [0.2, 0.25) is 0 Å². The lowest BCUT2D eigenvalue weighted by atomic mass is 9.76. The van der Waals surface area contributed by atoms with Crippen LogP contribution in [0, 0.1) is 23.5 Å². The maximum absolute atomic E-state index is 14.2. The Hall–Kier alpha value is -3.66. The van der Waals surface area contributed by atoms with Crippen LogP contribution in [0.4, 0.5) is 14.5 Å². The minimum Gasteiger partial charge on any atom is -0.481 e. The van der Waals surface area contributed by atoms with Crippen LogP contribution in [0.1, 0.15) is 24.0 Å². The van der Waals surface area contributed by atoms with Gasteiger partial charge in [-0.25, -0.2) is 8.78 Å². The van der Waals surface area contributed by atoms with Crippen molar-refractivity contribution in [3.63, 3.8) is 0 Å². The zero-order valence-corrected chi connectivity index (χ0v) is 17.2. The molecule has 2 aromatic rings. The number of carbonyl (C=O) groups excluding carboxylic acids is 3. The predicted octanol–water partition coefficient (Wildman–Crippen LogP) is 1.75. The van der Waals surface area contributed by atoms with Crippen molar-refractivity contribution >= 4 is 29.4 Å². The van der Waals surface area contributed by atoms with E-state index in [0.717, 1.165) is 11.0 Å². The van der Waals surface area contributed by atoms with E-state index in [9.17, 15) is 28.0 Å². The smallest absolute Gasteiger partial charge is 0.303 e. The number of likely N-dealkylation sites (tertiary alicyclic amines) is 1. The maximum atomic E-state index is 14.2. The Labute approximate surface area is 186 Å². The number of rotatable bonds is 5. The van der Waals surface area contributed by atoms with E-state index in [0.29, 0.717) is 11.3 Å². The molecule has 3 aliphatic rings. The van der Waals surface area contributed by atoms with Gasteiger partial charge in [0.1, 0.15) is 17.2 Å². The Balaban J connectivity index is 1.58. The van der Waals surface area contributed by atoms with Crippen molar-refractivity contribution in [3.8, 4) is 0 Å². The van der Waals surface area contributed by atoms with Gasteiger partial charge in [0.15, 0.2) is 0 Å². The molecule has 3 aliphatic heterocycles. The third-order valence-electron chi connectivity index (χ3n) is 6.69. The largest absolute Gasteiger partial charge is 0.481 e. The minimum absolute atomic E-state index is 0.000409. The van der Waals surface area contributed by atoms with Gasteiger partial charge in [-0.3, -0.25) is 29.4 Å². The molecule has 0 aromatic heterocycles. The molecule has 10 heteroatoms. The van der Waals surface area contributed by atoms with E-state index in [1.807, 2.05) is 0 Å². The first-order valence-electron chi connectivity index (χ1n) is 10.4. The Bertz CT molecular complexity index is 1200. The van der Waals surface area contributed by atoms with Crippen molar-refractivity contribution in [2.45, 2.75) is 31.0 Å². The average molecular weight is 455 g/mol. The highest BCUT2D eigenvalue weighted by molar-refractivity contribution is 6.15. The van der Waals surface area contributed by atoms with Gasteiger partial charge in [-0.2, -0.15) is 0 Å². The summed E-state index contributed by atoms with van der Waals surface area (Å²) < 4.78 is 27.4. The lowest BCUT2D eigenvalue weighted by Crippen LogP contribution is -2.53. The number of carboxylic acids is 1. The molecule has 3 amide bonds.